The van der Waals surface area contributed by atoms with Crippen LogP contribution in [0.25, 0.3) is 11.5 Å². The summed E-state index contributed by atoms with van der Waals surface area (Å²) in [5, 5.41) is 3.05. The van der Waals surface area contributed by atoms with Gasteiger partial charge in [-0.25, -0.2) is 9.97 Å². The van der Waals surface area contributed by atoms with Crippen LogP contribution < -0.4 is 10.2 Å². The zero-order chi connectivity index (χ0) is 18.9. The maximum Gasteiger partial charge on any atom is 0.242 e. The number of hydrogen-bond donors (Lipinski definition) is 1. The van der Waals surface area contributed by atoms with Crippen molar-refractivity contribution in [2.75, 3.05) is 11.9 Å². The van der Waals surface area contributed by atoms with Crippen molar-refractivity contribution in [1.82, 2.24) is 20.3 Å². The molecule has 2 aromatic rings. The summed E-state index contributed by atoms with van der Waals surface area (Å²) in [6.45, 7) is 7.86. The number of rotatable bonds is 4. The van der Waals surface area contributed by atoms with E-state index in [9.17, 15) is 4.79 Å². The Balaban J connectivity index is 1.96. The zero-order valence-electron chi connectivity index (χ0n) is 16.2. The van der Waals surface area contributed by atoms with E-state index in [-0.39, 0.29) is 17.5 Å². The van der Waals surface area contributed by atoms with Crippen molar-refractivity contribution >= 4 is 11.7 Å². The maximum atomic E-state index is 12.6. The van der Waals surface area contributed by atoms with E-state index in [4.69, 9.17) is 9.97 Å². The van der Waals surface area contributed by atoms with Crippen molar-refractivity contribution in [1.29, 1.82) is 0 Å². The molecule has 6 heteroatoms. The van der Waals surface area contributed by atoms with Gasteiger partial charge in [0, 0.05) is 30.0 Å². The van der Waals surface area contributed by atoms with E-state index >= 15 is 0 Å². The third kappa shape index (κ3) is 3.84. The molecule has 1 amide bonds. The average molecular weight is 353 g/mol. The molecular weight excluding hydrogens is 326 g/mol. The van der Waals surface area contributed by atoms with E-state index in [2.05, 4.69) is 10.3 Å². The fraction of sp³-hybridized carbons (Fsp3) is 0.500. The second-order valence-electron chi connectivity index (χ2n) is 7.89. The van der Waals surface area contributed by atoms with Crippen molar-refractivity contribution in [2.24, 2.45) is 0 Å². The predicted octanol–water partition coefficient (Wildman–Crippen LogP) is 2.77. The Morgan fingerprint density at radius 3 is 2.65 bits per heavy atom. The monoisotopic (exact) mass is 353 g/mol. The number of pyridine rings is 1. The molecule has 0 saturated carbocycles. The van der Waals surface area contributed by atoms with Crippen molar-refractivity contribution in [3.63, 3.8) is 0 Å². The van der Waals surface area contributed by atoms with Crippen molar-refractivity contribution < 1.29 is 4.79 Å². The van der Waals surface area contributed by atoms with Crippen molar-refractivity contribution in [3.8, 4) is 11.5 Å². The summed E-state index contributed by atoms with van der Waals surface area (Å²) in [4.78, 5) is 28.5. The fourth-order valence-electron chi connectivity index (χ4n) is 3.15. The van der Waals surface area contributed by atoms with Gasteiger partial charge in [-0.3, -0.25) is 9.78 Å². The van der Waals surface area contributed by atoms with Gasteiger partial charge in [-0.05, 0) is 59.1 Å². The van der Waals surface area contributed by atoms with Crippen LogP contribution in [0, 0.1) is 0 Å². The Morgan fingerprint density at radius 2 is 2.00 bits per heavy atom. The number of nitrogens with zero attached hydrogens (tertiary/aromatic N) is 4. The fourth-order valence-corrected chi connectivity index (χ4v) is 3.15. The molecule has 1 aliphatic carbocycles. The second kappa shape index (κ2) is 7.02. The summed E-state index contributed by atoms with van der Waals surface area (Å²) in [7, 11) is 1.93. The molecule has 0 spiro atoms. The molecule has 0 radical (unpaired) electrons. The third-order valence-corrected chi connectivity index (χ3v) is 4.60. The van der Waals surface area contributed by atoms with Gasteiger partial charge in [-0.1, -0.05) is 6.07 Å². The first kappa shape index (κ1) is 18.3. The van der Waals surface area contributed by atoms with Crippen LogP contribution in [0.1, 0.15) is 45.4 Å². The lowest BCUT2D eigenvalue weighted by Crippen LogP contribution is -2.50. The van der Waals surface area contributed by atoms with Crippen LogP contribution in [0.15, 0.2) is 24.4 Å². The number of carbonyl (C=O) groups is 1. The molecule has 0 saturated heterocycles. The lowest BCUT2D eigenvalue weighted by atomic mass is 10.1. The lowest BCUT2D eigenvalue weighted by Gasteiger charge is -2.30. The summed E-state index contributed by atoms with van der Waals surface area (Å²) in [6.07, 6.45) is 4.71. The van der Waals surface area contributed by atoms with Crippen molar-refractivity contribution in [3.05, 3.63) is 35.7 Å². The number of aromatic nitrogens is 3. The molecular formula is C20H27N5O. The van der Waals surface area contributed by atoms with Crippen molar-refractivity contribution in [2.45, 2.75) is 58.5 Å². The first-order valence-corrected chi connectivity index (χ1v) is 9.12. The minimum absolute atomic E-state index is 0.00950. The molecule has 1 unspecified atom stereocenters. The van der Waals surface area contributed by atoms with Gasteiger partial charge in [0.25, 0.3) is 0 Å². The number of nitrogens with one attached hydrogen (secondary N) is 1. The highest BCUT2D eigenvalue weighted by Crippen LogP contribution is 2.31. The standard InChI is InChI=1S/C20H27N5O/c1-13(19(26)24-20(2,3)4)25(5)18-14-9-8-11-15(14)22-17(23-18)16-10-6-7-12-21-16/h6-7,10,12-13H,8-9,11H2,1-5H3,(H,24,26). The number of carbonyl (C=O) groups excluding carboxylic acids is 1. The molecule has 0 aliphatic heterocycles. The molecule has 3 rings (SSSR count). The second-order valence-corrected chi connectivity index (χ2v) is 7.89. The average Bonchev–Trinajstić information content (AvgIpc) is 3.07. The Hall–Kier alpha value is -2.50. The van der Waals surface area contributed by atoms with Gasteiger partial charge in [-0.2, -0.15) is 0 Å². The summed E-state index contributed by atoms with van der Waals surface area (Å²) in [5.74, 6) is 1.45. The molecule has 1 aliphatic rings. The number of aryl methyl sites for hydroxylation is 1. The number of fused-ring (bicyclic) bond motifs is 1. The Bertz CT molecular complexity index is 798. The molecule has 26 heavy (non-hydrogen) atoms. The summed E-state index contributed by atoms with van der Waals surface area (Å²) in [6, 6.07) is 5.39. The lowest BCUT2D eigenvalue weighted by molar-refractivity contribution is -0.123. The van der Waals surface area contributed by atoms with Gasteiger partial charge >= 0.3 is 0 Å². The van der Waals surface area contributed by atoms with E-state index in [1.54, 1.807) is 6.20 Å². The minimum Gasteiger partial charge on any atom is -0.350 e. The molecule has 138 valence electrons. The van der Waals surface area contributed by atoms with Gasteiger partial charge in [0.05, 0.1) is 0 Å². The summed E-state index contributed by atoms with van der Waals surface area (Å²) < 4.78 is 0. The largest absolute Gasteiger partial charge is 0.350 e. The number of likely N-dealkylation sites (N-methyl/N-ethyl adjacent to an activating group) is 1. The van der Waals surface area contributed by atoms with E-state index in [0.29, 0.717) is 5.82 Å². The molecule has 0 fully saturated rings. The Kier molecular flexibility index (Phi) is 4.94. The normalized spacial score (nSPS) is 14.7. The SMILES string of the molecule is CC(C(=O)NC(C)(C)C)N(C)c1nc(-c2ccccn2)nc2c1CCC2. The van der Waals surface area contributed by atoms with Crippen LogP contribution in [-0.4, -0.2) is 39.5 Å². The summed E-state index contributed by atoms with van der Waals surface area (Å²) >= 11 is 0. The third-order valence-electron chi connectivity index (χ3n) is 4.60. The quantitative estimate of drug-likeness (QED) is 0.915. The maximum absolute atomic E-state index is 12.6. The number of anilines is 1. The van der Waals surface area contributed by atoms with Crippen LogP contribution in [0.5, 0.6) is 0 Å². The molecule has 6 nitrogen and oxygen atoms in total. The number of amides is 1. The predicted molar refractivity (Wildman–Crippen MR) is 103 cm³/mol. The first-order chi connectivity index (χ1) is 12.3. The molecule has 2 aromatic heterocycles. The Labute approximate surface area is 155 Å². The highest BCUT2D eigenvalue weighted by atomic mass is 16.2. The highest BCUT2D eigenvalue weighted by molar-refractivity contribution is 5.85. The van der Waals surface area contributed by atoms with Crippen LogP contribution in [0.4, 0.5) is 5.82 Å². The minimum atomic E-state index is -0.328. The molecule has 0 aromatic carbocycles. The van der Waals surface area contributed by atoms with Crippen LogP contribution in [0.2, 0.25) is 0 Å². The van der Waals surface area contributed by atoms with E-state index < -0.39 is 0 Å². The summed E-state index contributed by atoms with van der Waals surface area (Å²) in [5.41, 5.74) is 2.72. The smallest absolute Gasteiger partial charge is 0.242 e. The molecule has 1 N–H and O–H groups in total. The van der Waals surface area contributed by atoms with Gasteiger partial charge < -0.3 is 10.2 Å². The topological polar surface area (TPSA) is 71.0 Å². The van der Waals surface area contributed by atoms with E-state index in [0.717, 1.165) is 42.0 Å². The van der Waals surface area contributed by atoms with Gasteiger partial charge in [0.15, 0.2) is 5.82 Å². The van der Waals surface area contributed by atoms with Crippen LogP contribution >= 0.6 is 0 Å². The molecule has 2 heterocycles. The molecule has 0 bridgehead atoms. The van der Waals surface area contributed by atoms with Gasteiger partial charge in [0.2, 0.25) is 5.91 Å². The molecule has 1 atom stereocenters. The van der Waals surface area contributed by atoms with Gasteiger partial charge in [0.1, 0.15) is 17.6 Å². The number of hydrogen-bond acceptors (Lipinski definition) is 5. The van der Waals surface area contributed by atoms with E-state index in [1.165, 1.54) is 0 Å². The Morgan fingerprint density at radius 1 is 1.23 bits per heavy atom. The highest BCUT2D eigenvalue weighted by Gasteiger charge is 2.28. The van der Waals surface area contributed by atoms with Crippen LogP contribution in [0.3, 0.4) is 0 Å². The zero-order valence-corrected chi connectivity index (χ0v) is 16.2. The van der Waals surface area contributed by atoms with E-state index in [1.807, 2.05) is 57.8 Å². The van der Waals surface area contributed by atoms with Crippen LogP contribution in [-0.2, 0) is 17.6 Å². The van der Waals surface area contributed by atoms with Gasteiger partial charge in [-0.15, -0.1) is 0 Å². The first-order valence-electron chi connectivity index (χ1n) is 9.12.